The minimum Gasteiger partial charge on any atom is -0.424 e. The number of aryl methyl sites for hydroxylation is 1. The average Bonchev–Trinajstić information content (AvgIpc) is 2.82. The first-order valence-corrected chi connectivity index (χ1v) is 13.7. The fourth-order valence-electron chi connectivity index (χ4n) is 3.72. The summed E-state index contributed by atoms with van der Waals surface area (Å²) < 4.78 is 36.2. The molecule has 1 heterocycles. The van der Waals surface area contributed by atoms with E-state index in [1.165, 1.54) is 30.2 Å². The minimum absolute atomic E-state index is 0.0133. The van der Waals surface area contributed by atoms with Crippen LogP contribution in [-0.2, 0) is 21.3 Å². The molecule has 182 valence electrons. The zero-order valence-electron chi connectivity index (χ0n) is 20.4. The highest BCUT2D eigenvalue weighted by Crippen LogP contribution is 2.33. The summed E-state index contributed by atoms with van der Waals surface area (Å²) in [5.74, 6) is 0.447. The maximum absolute atomic E-state index is 13.2. The van der Waals surface area contributed by atoms with E-state index in [9.17, 15) is 13.2 Å². The van der Waals surface area contributed by atoms with Gasteiger partial charge in [-0.2, -0.15) is 8.42 Å². The highest BCUT2D eigenvalue weighted by molar-refractivity contribution is 7.98. The molecule has 35 heavy (non-hydrogen) atoms. The summed E-state index contributed by atoms with van der Waals surface area (Å²) in [6, 6.07) is 19.9. The number of rotatable bonds is 6. The van der Waals surface area contributed by atoms with Gasteiger partial charge in [0.1, 0.15) is 10.5 Å². The molecule has 3 aromatic carbocycles. The van der Waals surface area contributed by atoms with Crippen LogP contribution >= 0.6 is 11.8 Å². The largest absolute Gasteiger partial charge is 0.424 e. The zero-order valence-corrected chi connectivity index (χ0v) is 22.0. The molecule has 0 atom stereocenters. The van der Waals surface area contributed by atoms with Crippen LogP contribution in [0.2, 0.25) is 0 Å². The molecule has 0 amide bonds. The van der Waals surface area contributed by atoms with Gasteiger partial charge in [0.15, 0.2) is 5.43 Å². The smallest absolute Gasteiger partial charge is 0.341 e. The third-order valence-electron chi connectivity index (χ3n) is 5.89. The van der Waals surface area contributed by atoms with E-state index >= 15 is 0 Å². The van der Waals surface area contributed by atoms with Gasteiger partial charge in [-0.3, -0.25) is 4.79 Å². The molecular formula is C28H28O5S2. The quantitative estimate of drug-likeness (QED) is 0.211. The molecular weight excluding hydrogens is 480 g/mol. The maximum Gasteiger partial charge on any atom is 0.341 e. The number of thioether (sulfide) groups is 1. The second kappa shape index (κ2) is 9.55. The molecule has 0 fully saturated rings. The molecule has 0 aliphatic heterocycles. The molecule has 1 aromatic heterocycles. The first-order valence-electron chi connectivity index (χ1n) is 11.3. The van der Waals surface area contributed by atoms with E-state index in [0.29, 0.717) is 5.39 Å². The highest BCUT2D eigenvalue weighted by Gasteiger charge is 2.23. The van der Waals surface area contributed by atoms with Crippen LogP contribution < -0.4 is 9.61 Å². The van der Waals surface area contributed by atoms with Crippen molar-refractivity contribution in [3.63, 3.8) is 0 Å². The lowest BCUT2D eigenvalue weighted by Crippen LogP contribution is -2.15. The van der Waals surface area contributed by atoms with Gasteiger partial charge in [-0.15, -0.1) is 11.8 Å². The second-order valence-corrected chi connectivity index (χ2v) is 12.1. The van der Waals surface area contributed by atoms with E-state index in [4.69, 9.17) is 8.60 Å². The van der Waals surface area contributed by atoms with Crippen LogP contribution in [-0.4, -0.2) is 8.42 Å². The lowest BCUT2D eigenvalue weighted by Gasteiger charge is -2.19. The van der Waals surface area contributed by atoms with Crippen LogP contribution in [0.3, 0.4) is 0 Å². The van der Waals surface area contributed by atoms with Crippen LogP contribution in [0.4, 0.5) is 0 Å². The molecule has 7 heteroatoms. The molecule has 0 aliphatic rings. The second-order valence-electron chi connectivity index (χ2n) is 9.49. The molecule has 4 aromatic rings. The zero-order chi connectivity index (χ0) is 25.4. The van der Waals surface area contributed by atoms with Crippen molar-refractivity contribution in [2.75, 3.05) is 0 Å². The minimum atomic E-state index is -4.13. The SMILES string of the molecule is Cc1c(OS(=O)(=O)c2ccccc2)oc2ccc(SCc3ccc(C(C)(C)C)cc3)c(C)c2c1=O. The molecule has 0 radical (unpaired) electrons. The lowest BCUT2D eigenvalue weighted by molar-refractivity contribution is 0.386. The Labute approximate surface area is 210 Å². The Morgan fingerprint density at radius 3 is 2.17 bits per heavy atom. The van der Waals surface area contributed by atoms with Gasteiger partial charge in [-0.05, 0) is 60.2 Å². The van der Waals surface area contributed by atoms with Crippen molar-refractivity contribution < 1.29 is 17.0 Å². The first kappa shape index (κ1) is 25.1. The monoisotopic (exact) mass is 508 g/mol. The molecule has 5 nitrogen and oxygen atoms in total. The predicted octanol–water partition coefficient (Wildman–Crippen LogP) is 6.77. The summed E-state index contributed by atoms with van der Waals surface area (Å²) >= 11 is 1.65. The van der Waals surface area contributed by atoms with Gasteiger partial charge < -0.3 is 8.60 Å². The van der Waals surface area contributed by atoms with E-state index in [1.807, 2.05) is 13.0 Å². The molecule has 4 rings (SSSR count). The van der Waals surface area contributed by atoms with Gasteiger partial charge in [-0.25, -0.2) is 0 Å². The Balaban J connectivity index is 1.62. The maximum atomic E-state index is 13.2. The Morgan fingerprint density at radius 2 is 1.54 bits per heavy atom. The van der Waals surface area contributed by atoms with Crippen molar-refractivity contribution in [1.82, 2.24) is 0 Å². The topological polar surface area (TPSA) is 73.6 Å². The van der Waals surface area contributed by atoms with E-state index in [2.05, 4.69) is 45.0 Å². The molecule has 0 spiro atoms. The fourth-order valence-corrected chi connectivity index (χ4v) is 5.67. The van der Waals surface area contributed by atoms with Crippen LogP contribution in [0.25, 0.3) is 11.0 Å². The van der Waals surface area contributed by atoms with Gasteiger partial charge in [0.05, 0.1) is 10.9 Å². The van der Waals surface area contributed by atoms with Crippen LogP contribution in [0.15, 0.2) is 85.7 Å². The number of benzene rings is 3. The fraction of sp³-hybridized carbons (Fsp3) is 0.250. The Bertz CT molecular complexity index is 1530. The van der Waals surface area contributed by atoms with E-state index in [0.717, 1.165) is 16.2 Å². The van der Waals surface area contributed by atoms with Crippen molar-refractivity contribution in [3.05, 3.63) is 99.2 Å². The van der Waals surface area contributed by atoms with Crippen molar-refractivity contribution in [2.24, 2.45) is 0 Å². The van der Waals surface area contributed by atoms with Crippen LogP contribution in [0, 0.1) is 13.8 Å². The predicted molar refractivity (Wildman–Crippen MR) is 141 cm³/mol. The first-order chi connectivity index (χ1) is 16.5. The molecule has 0 bridgehead atoms. The van der Waals surface area contributed by atoms with Gasteiger partial charge in [0, 0.05) is 10.6 Å². The molecule has 0 saturated heterocycles. The van der Waals surface area contributed by atoms with E-state index < -0.39 is 10.1 Å². The molecule has 0 N–H and O–H groups in total. The normalized spacial score (nSPS) is 12.1. The third kappa shape index (κ3) is 5.31. The Morgan fingerprint density at radius 1 is 0.886 bits per heavy atom. The average molecular weight is 509 g/mol. The summed E-state index contributed by atoms with van der Waals surface area (Å²) in [6.07, 6.45) is 0. The number of hydrogen-bond donors (Lipinski definition) is 0. The summed E-state index contributed by atoms with van der Waals surface area (Å²) in [5, 5.41) is 0.431. The van der Waals surface area contributed by atoms with E-state index in [-0.39, 0.29) is 32.8 Å². The van der Waals surface area contributed by atoms with Crippen LogP contribution in [0.5, 0.6) is 5.95 Å². The highest BCUT2D eigenvalue weighted by atomic mass is 32.2. The molecule has 0 saturated carbocycles. The summed E-state index contributed by atoms with van der Waals surface area (Å²) in [6.45, 7) is 9.96. The van der Waals surface area contributed by atoms with Crippen molar-refractivity contribution in [1.29, 1.82) is 0 Å². The van der Waals surface area contributed by atoms with Crippen molar-refractivity contribution in [3.8, 4) is 5.95 Å². The van der Waals surface area contributed by atoms with Crippen LogP contribution in [0.1, 0.15) is 43.0 Å². The van der Waals surface area contributed by atoms with Gasteiger partial charge in [-0.1, -0.05) is 63.2 Å². The van der Waals surface area contributed by atoms with Gasteiger partial charge >= 0.3 is 16.1 Å². The standard InChI is InChI=1S/C28H28O5S2/c1-18-24(34-17-20-11-13-21(14-12-20)28(3,4)5)16-15-23-25(18)26(29)19(2)27(32-23)33-35(30,31)22-9-7-6-8-10-22/h6-16H,17H2,1-5H3. The Kier molecular flexibility index (Phi) is 6.84. The number of hydrogen-bond acceptors (Lipinski definition) is 6. The van der Waals surface area contributed by atoms with E-state index in [1.54, 1.807) is 36.0 Å². The van der Waals surface area contributed by atoms with Gasteiger partial charge in [0.25, 0.3) is 0 Å². The summed E-state index contributed by atoms with van der Waals surface area (Å²) in [5.41, 5.74) is 3.48. The van der Waals surface area contributed by atoms with Crippen molar-refractivity contribution in [2.45, 2.75) is 55.6 Å². The third-order valence-corrected chi connectivity index (χ3v) is 8.34. The van der Waals surface area contributed by atoms with Gasteiger partial charge in [0.2, 0.25) is 0 Å². The molecule has 0 aliphatic carbocycles. The Hall–Kier alpha value is -3.03. The van der Waals surface area contributed by atoms with Crippen molar-refractivity contribution >= 4 is 32.8 Å². The lowest BCUT2D eigenvalue weighted by atomic mass is 9.87. The summed E-state index contributed by atoms with van der Waals surface area (Å²) in [7, 11) is -4.13. The summed E-state index contributed by atoms with van der Waals surface area (Å²) in [4.78, 5) is 14.2. The molecule has 0 unspecified atom stereocenters. The number of fused-ring (bicyclic) bond motifs is 1.